The number of nitrogens with two attached hydrogens (primary N) is 1. The maximum absolute atomic E-state index is 11.3. The maximum atomic E-state index is 11.3. The second-order valence-corrected chi connectivity index (χ2v) is 6.60. The van der Waals surface area contributed by atoms with Gasteiger partial charge in [-0.1, -0.05) is 6.07 Å². The van der Waals surface area contributed by atoms with Crippen LogP contribution in [0.3, 0.4) is 0 Å². The Morgan fingerprint density at radius 3 is 2.64 bits per heavy atom. The molecule has 1 amide bonds. The first-order valence-corrected chi connectivity index (χ1v) is 7.99. The van der Waals surface area contributed by atoms with E-state index in [-0.39, 0.29) is 6.04 Å². The molecule has 0 aliphatic heterocycles. The van der Waals surface area contributed by atoms with Crippen LogP contribution in [0.4, 0.5) is 16.3 Å². The Balaban J connectivity index is 2.26. The first-order valence-electron chi connectivity index (χ1n) is 7.11. The normalized spacial score (nSPS) is 11.0. The first kappa shape index (κ1) is 16.3. The van der Waals surface area contributed by atoms with Crippen LogP contribution in [0.15, 0.2) is 17.5 Å². The SMILES string of the molecule is Cc1cc(Cc2nc(N(C(=O)O)C(C)C)cs2)c(C)cc1N. The van der Waals surface area contributed by atoms with Crippen molar-refractivity contribution in [3.63, 3.8) is 0 Å². The molecule has 0 radical (unpaired) electrons. The Labute approximate surface area is 134 Å². The van der Waals surface area contributed by atoms with Gasteiger partial charge in [-0.05, 0) is 50.5 Å². The zero-order valence-electron chi connectivity index (χ0n) is 13.3. The summed E-state index contributed by atoms with van der Waals surface area (Å²) in [6.07, 6.45) is -0.297. The molecule has 118 valence electrons. The van der Waals surface area contributed by atoms with Gasteiger partial charge in [0.1, 0.15) is 5.82 Å². The van der Waals surface area contributed by atoms with E-state index < -0.39 is 6.09 Å². The second kappa shape index (κ2) is 6.36. The van der Waals surface area contributed by atoms with Crippen LogP contribution in [-0.4, -0.2) is 22.2 Å². The second-order valence-electron chi connectivity index (χ2n) is 5.66. The summed E-state index contributed by atoms with van der Waals surface area (Å²) < 4.78 is 0. The van der Waals surface area contributed by atoms with Crippen molar-refractivity contribution < 1.29 is 9.90 Å². The highest BCUT2D eigenvalue weighted by Gasteiger charge is 2.20. The van der Waals surface area contributed by atoms with E-state index >= 15 is 0 Å². The highest BCUT2D eigenvalue weighted by molar-refractivity contribution is 7.10. The van der Waals surface area contributed by atoms with E-state index in [9.17, 15) is 9.90 Å². The lowest BCUT2D eigenvalue weighted by atomic mass is 10.0. The third-order valence-corrected chi connectivity index (χ3v) is 4.41. The minimum Gasteiger partial charge on any atom is -0.465 e. The maximum Gasteiger partial charge on any atom is 0.413 e. The number of aromatic nitrogens is 1. The van der Waals surface area contributed by atoms with Crippen molar-refractivity contribution in [3.05, 3.63) is 39.2 Å². The number of anilines is 2. The average Bonchev–Trinajstić information content (AvgIpc) is 2.83. The molecule has 0 saturated carbocycles. The van der Waals surface area contributed by atoms with Gasteiger partial charge in [-0.3, -0.25) is 4.90 Å². The average molecular weight is 319 g/mol. The number of rotatable bonds is 4. The molecule has 1 heterocycles. The molecule has 0 aliphatic carbocycles. The molecule has 0 fully saturated rings. The van der Waals surface area contributed by atoms with Crippen molar-refractivity contribution >= 4 is 28.9 Å². The number of hydrogen-bond donors (Lipinski definition) is 2. The van der Waals surface area contributed by atoms with E-state index in [4.69, 9.17) is 5.73 Å². The number of aryl methyl sites for hydroxylation is 2. The summed E-state index contributed by atoms with van der Waals surface area (Å²) in [5.74, 6) is 0.493. The van der Waals surface area contributed by atoms with Crippen molar-refractivity contribution in [2.24, 2.45) is 0 Å². The van der Waals surface area contributed by atoms with Gasteiger partial charge in [-0.15, -0.1) is 11.3 Å². The molecule has 0 aliphatic rings. The van der Waals surface area contributed by atoms with E-state index in [1.165, 1.54) is 21.8 Å². The van der Waals surface area contributed by atoms with Crippen LogP contribution in [0.5, 0.6) is 0 Å². The zero-order chi connectivity index (χ0) is 16.4. The largest absolute Gasteiger partial charge is 0.465 e. The van der Waals surface area contributed by atoms with E-state index in [0.717, 1.165) is 21.8 Å². The third-order valence-electron chi connectivity index (χ3n) is 3.58. The van der Waals surface area contributed by atoms with E-state index in [0.29, 0.717) is 12.2 Å². The lowest BCUT2D eigenvalue weighted by Crippen LogP contribution is -2.35. The molecule has 22 heavy (non-hydrogen) atoms. The molecule has 6 heteroatoms. The molecular weight excluding hydrogens is 298 g/mol. The summed E-state index contributed by atoms with van der Waals surface area (Å²) in [5.41, 5.74) is 10.0. The molecule has 0 saturated heterocycles. The summed E-state index contributed by atoms with van der Waals surface area (Å²) >= 11 is 1.48. The standard InChI is InChI=1S/C16H21N3O2S/c1-9(2)19(16(20)21)14-8-22-15(18-14)7-12-5-11(4)13(17)6-10(12)3/h5-6,8-9H,7,17H2,1-4H3,(H,20,21). The molecule has 2 rings (SSSR count). The number of thiazole rings is 1. The van der Waals surface area contributed by atoms with Gasteiger partial charge in [0.15, 0.2) is 0 Å². The Hall–Kier alpha value is -2.08. The fourth-order valence-electron chi connectivity index (χ4n) is 2.33. The monoisotopic (exact) mass is 319 g/mol. The topological polar surface area (TPSA) is 79.5 Å². The molecule has 1 aromatic heterocycles. The zero-order valence-corrected chi connectivity index (χ0v) is 14.1. The minimum atomic E-state index is -0.980. The lowest BCUT2D eigenvalue weighted by molar-refractivity contribution is 0.200. The number of hydrogen-bond acceptors (Lipinski definition) is 4. The van der Waals surface area contributed by atoms with Gasteiger partial charge in [0.05, 0.1) is 5.01 Å². The lowest BCUT2D eigenvalue weighted by Gasteiger charge is -2.20. The van der Waals surface area contributed by atoms with Gasteiger partial charge in [0.2, 0.25) is 0 Å². The Morgan fingerprint density at radius 1 is 1.36 bits per heavy atom. The number of nitrogen functional groups attached to an aromatic ring is 1. The number of carbonyl (C=O) groups is 1. The summed E-state index contributed by atoms with van der Waals surface area (Å²) in [6, 6.07) is 3.90. The van der Waals surface area contributed by atoms with Gasteiger partial charge < -0.3 is 10.8 Å². The molecule has 3 N–H and O–H groups in total. The summed E-state index contributed by atoms with van der Waals surface area (Å²) in [6.45, 7) is 7.68. The van der Waals surface area contributed by atoms with E-state index in [1.54, 1.807) is 5.38 Å². The Morgan fingerprint density at radius 2 is 2.05 bits per heavy atom. The van der Waals surface area contributed by atoms with Crippen molar-refractivity contribution in [1.29, 1.82) is 0 Å². The summed E-state index contributed by atoms with van der Waals surface area (Å²) in [4.78, 5) is 17.1. The molecular formula is C16H21N3O2S. The number of carboxylic acid groups (broad SMARTS) is 1. The van der Waals surface area contributed by atoms with Gasteiger partial charge in [0.25, 0.3) is 0 Å². The first-order chi connectivity index (χ1) is 10.3. The molecule has 2 aromatic rings. The van der Waals surface area contributed by atoms with Crippen molar-refractivity contribution in [2.45, 2.75) is 40.2 Å². The predicted molar refractivity (Wildman–Crippen MR) is 90.9 cm³/mol. The van der Waals surface area contributed by atoms with Gasteiger partial charge in [-0.25, -0.2) is 9.78 Å². The number of nitrogens with zero attached hydrogens (tertiary/aromatic N) is 2. The smallest absolute Gasteiger partial charge is 0.413 e. The van der Waals surface area contributed by atoms with Crippen LogP contribution in [0, 0.1) is 13.8 Å². The summed E-state index contributed by atoms with van der Waals surface area (Å²) in [5, 5.41) is 12.0. The van der Waals surface area contributed by atoms with Crippen LogP contribution < -0.4 is 10.6 Å². The molecule has 0 atom stereocenters. The predicted octanol–water partition coefficient (Wildman–Crippen LogP) is 3.83. The van der Waals surface area contributed by atoms with Gasteiger partial charge in [0, 0.05) is 23.5 Å². The summed E-state index contributed by atoms with van der Waals surface area (Å²) in [7, 11) is 0. The Kier molecular flexibility index (Phi) is 4.71. The van der Waals surface area contributed by atoms with Crippen molar-refractivity contribution in [1.82, 2.24) is 4.98 Å². The Bertz CT molecular complexity index is 695. The highest BCUT2D eigenvalue weighted by atomic mass is 32.1. The fraction of sp³-hybridized carbons (Fsp3) is 0.375. The van der Waals surface area contributed by atoms with E-state index in [1.807, 2.05) is 33.8 Å². The molecule has 5 nitrogen and oxygen atoms in total. The molecule has 0 spiro atoms. The van der Waals surface area contributed by atoms with Crippen molar-refractivity contribution in [3.8, 4) is 0 Å². The molecule has 0 bridgehead atoms. The molecule has 1 aromatic carbocycles. The fourth-order valence-corrected chi connectivity index (χ4v) is 3.12. The van der Waals surface area contributed by atoms with Crippen LogP contribution in [0.1, 0.15) is 35.5 Å². The van der Waals surface area contributed by atoms with Crippen LogP contribution >= 0.6 is 11.3 Å². The minimum absolute atomic E-state index is 0.145. The van der Waals surface area contributed by atoms with Gasteiger partial charge in [-0.2, -0.15) is 0 Å². The van der Waals surface area contributed by atoms with Gasteiger partial charge >= 0.3 is 6.09 Å². The number of amides is 1. The third kappa shape index (κ3) is 3.39. The quantitative estimate of drug-likeness (QED) is 0.839. The van der Waals surface area contributed by atoms with E-state index in [2.05, 4.69) is 11.1 Å². The van der Waals surface area contributed by atoms with Crippen LogP contribution in [0.2, 0.25) is 0 Å². The van der Waals surface area contributed by atoms with Crippen LogP contribution in [0.25, 0.3) is 0 Å². The van der Waals surface area contributed by atoms with Crippen LogP contribution in [-0.2, 0) is 6.42 Å². The number of benzene rings is 1. The highest BCUT2D eigenvalue weighted by Crippen LogP contribution is 2.25. The van der Waals surface area contributed by atoms with Crippen molar-refractivity contribution in [2.75, 3.05) is 10.6 Å². The molecule has 0 unspecified atom stereocenters.